The molecule has 3 aliphatic heterocycles. The van der Waals surface area contributed by atoms with E-state index in [9.17, 15) is 45.3 Å². The molecule has 0 aliphatic carbocycles. The zero-order chi connectivity index (χ0) is 46.7. The Bertz CT molecular complexity index is 1820. The van der Waals surface area contributed by atoms with Crippen molar-refractivity contribution in [2.45, 2.75) is 162 Å². The van der Waals surface area contributed by atoms with Crippen molar-refractivity contribution in [1.82, 2.24) is 0 Å². The normalized spacial score (nSPS) is 32.5. The van der Waals surface area contributed by atoms with Crippen molar-refractivity contribution in [1.29, 1.82) is 0 Å². The summed E-state index contributed by atoms with van der Waals surface area (Å²) in [5.41, 5.74) is 10.9. The molecule has 3 heterocycles. The van der Waals surface area contributed by atoms with Gasteiger partial charge in [-0.2, -0.15) is 0 Å². The van der Waals surface area contributed by atoms with Crippen LogP contribution in [0.5, 0.6) is 0 Å². The molecular weight excluding hydrogens is 812 g/mol. The molecular formula is C45H68O17. The number of rotatable bonds is 11. The largest absolute Gasteiger partial charge is 0.459 e. The average molecular weight is 881 g/mol. The van der Waals surface area contributed by atoms with Crippen molar-refractivity contribution in [2.24, 2.45) is 5.92 Å². The van der Waals surface area contributed by atoms with Gasteiger partial charge in [0.2, 0.25) is 0 Å². The number of aliphatic hydroxyl groups excluding tert-OH is 7. The Morgan fingerprint density at radius 3 is 1.32 bits per heavy atom. The lowest BCUT2D eigenvalue weighted by molar-refractivity contribution is -0.316. The highest BCUT2D eigenvalue weighted by atomic mass is 16.7. The fourth-order valence-corrected chi connectivity index (χ4v) is 8.14. The number of hydrogen-bond donors (Lipinski definition) is 7. The van der Waals surface area contributed by atoms with Crippen molar-refractivity contribution in [3.05, 3.63) is 66.8 Å². The smallest absolute Gasteiger partial charge is 0.338 e. The van der Waals surface area contributed by atoms with Crippen LogP contribution in [0.3, 0.4) is 0 Å². The van der Waals surface area contributed by atoms with E-state index in [1.165, 1.54) is 19.8 Å². The number of hydrogen-bond acceptors (Lipinski definition) is 17. The van der Waals surface area contributed by atoms with Crippen LogP contribution in [0.2, 0.25) is 0 Å². The summed E-state index contributed by atoms with van der Waals surface area (Å²) in [7, 11) is 2.72. The predicted molar refractivity (Wildman–Crippen MR) is 223 cm³/mol. The number of methoxy groups -OCH3 is 2. The van der Waals surface area contributed by atoms with E-state index in [0.29, 0.717) is 11.1 Å². The number of aliphatic hydroxyl groups is 7. The Hall–Kier alpha value is -3.14. The number of benzene rings is 2. The fraction of sp³-hybridized carbons (Fsp3) is 0.689. The minimum Gasteiger partial charge on any atom is -0.459 e. The highest BCUT2D eigenvalue weighted by molar-refractivity contribution is 5.94. The van der Waals surface area contributed by atoms with Gasteiger partial charge in [-0.1, -0.05) is 6.92 Å². The molecule has 17 heteroatoms. The van der Waals surface area contributed by atoms with Crippen LogP contribution in [0.25, 0.3) is 0 Å². The maximum Gasteiger partial charge on any atom is 0.338 e. The van der Waals surface area contributed by atoms with E-state index in [1.807, 2.05) is 62.3 Å². The molecule has 17 nitrogen and oxygen atoms in total. The van der Waals surface area contributed by atoms with Gasteiger partial charge in [0, 0.05) is 26.6 Å². The minimum atomic E-state index is -1.62. The molecule has 3 saturated heterocycles. The number of carbonyl (C=O) groups excluding carboxylic acids is 2. The van der Waals surface area contributed by atoms with Gasteiger partial charge in [-0.3, -0.25) is 0 Å². The van der Waals surface area contributed by atoms with E-state index in [-0.39, 0.29) is 26.2 Å². The third kappa shape index (κ3) is 10.9. The van der Waals surface area contributed by atoms with Crippen LogP contribution in [-0.2, 0) is 37.9 Å². The lowest BCUT2D eigenvalue weighted by atomic mass is 9.89. The van der Waals surface area contributed by atoms with Gasteiger partial charge in [0.15, 0.2) is 18.9 Å². The quantitative estimate of drug-likeness (QED) is 0.159. The Kier molecular flexibility index (Phi) is 18.0. The molecule has 0 spiro atoms. The predicted octanol–water partition coefficient (Wildman–Crippen LogP) is 1.81. The Morgan fingerprint density at radius 2 is 0.871 bits per heavy atom. The second-order valence-corrected chi connectivity index (χ2v) is 16.8. The molecule has 5 rings (SSSR count). The zero-order valence-electron chi connectivity index (χ0n) is 38.1. The highest BCUT2D eigenvalue weighted by Gasteiger charge is 2.46. The van der Waals surface area contributed by atoms with Crippen molar-refractivity contribution >= 4 is 11.9 Å². The lowest BCUT2D eigenvalue weighted by Crippen LogP contribution is -2.60. The molecule has 3 aliphatic rings. The van der Waals surface area contributed by atoms with Gasteiger partial charge < -0.3 is 73.6 Å². The van der Waals surface area contributed by atoms with Crippen LogP contribution in [0.15, 0.2) is 0 Å². The van der Waals surface area contributed by atoms with Crippen molar-refractivity contribution in [3.63, 3.8) is 0 Å². The molecule has 62 heavy (non-hydrogen) atoms. The monoisotopic (exact) mass is 880 g/mol. The van der Waals surface area contributed by atoms with Gasteiger partial charge in [0.1, 0.15) is 55.9 Å². The van der Waals surface area contributed by atoms with Crippen molar-refractivity contribution in [2.75, 3.05) is 34.0 Å². The number of ether oxygens (including phenoxy) is 8. The summed E-state index contributed by atoms with van der Waals surface area (Å²) in [5, 5.41) is 71.0. The molecule has 0 bridgehead atoms. The third-order valence-electron chi connectivity index (χ3n) is 13.3. The summed E-state index contributed by atoms with van der Waals surface area (Å²) in [6.07, 6.45) is -14.9. The molecule has 14 unspecified atom stereocenters. The second-order valence-electron chi connectivity index (χ2n) is 16.8. The molecule has 7 N–H and O–H groups in total. The van der Waals surface area contributed by atoms with Crippen LogP contribution in [-0.4, -0.2) is 162 Å². The third-order valence-corrected chi connectivity index (χ3v) is 13.3. The van der Waals surface area contributed by atoms with Crippen LogP contribution in [0.1, 0.15) is 89.7 Å². The van der Waals surface area contributed by atoms with Crippen LogP contribution < -0.4 is 0 Å². The summed E-state index contributed by atoms with van der Waals surface area (Å²) in [5.74, 6) is -1.39. The molecule has 2 aromatic carbocycles. The Balaban J connectivity index is 0.000000287. The van der Waals surface area contributed by atoms with Gasteiger partial charge in [0.25, 0.3) is 0 Å². The first-order chi connectivity index (χ1) is 29.0. The molecule has 3 fully saturated rings. The van der Waals surface area contributed by atoms with Crippen LogP contribution >= 0.6 is 0 Å². The first kappa shape index (κ1) is 51.5. The van der Waals surface area contributed by atoms with Gasteiger partial charge >= 0.3 is 11.9 Å². The highest BCUT2D eigenvalue weighted by Crippen LogP contribution is 2.31. The zero-order valence-corrected chi connectivity index (χ0v) is 38.1. The number of carbonyl (C=O) groups is 2. The standard InChI is InChI=1S/C25H38O11.C20H30O6/c1-10-11(2)13(4)18(14(5)12(10)3)23(31)33-9-17-20(28)21(29)22(30)25(36-17)34-8-15-7-16(26)19(27)24(32-6)35-15;1-9-10(2)12(4)16(13(5)11(9)3)19(23)25-8-15-14(6)17(21)18(22)20(24-7)26-15/h15-17,19-22,24-30H,7-9H2,1-6H3;14-15,17-18,20-22H,8H2,1-7H3. The van der Waals surface area contributed by atoms with Crippen molar-refractivity contribution in [3.8, 4) is 0 Å². The van der Waals surface area contributed by atoms with E-state index in [1.54, 1.807) is 6.92 Å². The average Bonchev–Trinajstić information content (AvgIpc) is 3.25. The molecule has 0 aromatic heterocycles. The van der Waals surface area contributed by atoms with E-state index >= 15 is 0 Å². The Morgan fingerprint density at radius 1 is 0.484 bits per heavy atom. The number of esters is 2. The first-order valence-electron chi connectivity index (χ1n) is 20.9. The minimum absolute atomic E-state index is 0.0194. The van der Waals surface area contributed by atoms with E-state index in [2.05, 4.69) is 6.92 Å². The van der Waals surface area contributed by atoms with Crippen molar-refractivity contribution < 1.29 is 83.2 Å². The van der Waals surface area contributed by atoms with Gasteiger partial charge in [-0.15, -0.1) is 0 Å². The molecule has 0 radical (unpaired) electrons. The summed E-state index contributed by atoms with van der Waals surface area (Å²) in [6.45, 7) is 20.6. The maximum atomic E-state index is 13.0. The summed E-state index contributed by atoms with van der Waals surface area (Å²) in [4.78, 5) is 25.7. The van der Waals surface area contributed by atoms with E-state index < -0.39 is 97.8 Å². The molecule has 2 aromatic rings. The molecule has 0 amide bonds. The van der Waals surface area contributed by atoms with E-state index in [0.717, 1.165) is 50.1 Å². The molecule has 350 valence electrons. The summed E-state index contributed by atoms with van der Waals surface area (Å²) >= 11 is 0. The van der Waals surface area contributed by atoms with Crippen LogP contribution in [0, 0.1) is 75.2 Å². The lowest BCUT2D eigenvalue weighted by Gasteiger charge is -2.41. The maximum absolute atomic E-state index is 13.0. The summed E-state index contributed by atoms with van der Waals surface area (Å²) < 4.78 is 43.4. The summed E-state index contributed by atoms with van der Waals surface area (Å²) in [6, 6.07) is 0. The van der Waals surface area contributed by atoms with Crippen LogP contribution in [0.4, 0.5) is 0 Å². The van der Waals surface area contributed by atoms with Gasteiger partial charge in [-0.05, 0) is 125 Å². The first-order valence-corrected chi connectivity index (χ1v) is 20.9. The Labute approximate surface area is 363 Å². The van der Waals surface area contributed by atoms with Gasteiger partial charge in [0.05, 0.1) is 36.0 Å². The second kappa shape index (κ2) is 21.7. The SMILES string of the molecule is COC1OC(COC(=O)c2c(C)c(C)c(C)c(C)c2C)C(C)C(O)C1O.COC1OC(COC2OC(COC(=O)c3c(C)c(C)c(C)c(C)c3C)C(O)C(O)C2O)CC(O)C1O. The van der Waals surface area contributed by atoms with Gasteiger partial charge in [-0.25, -0.2) is 9.59 Å². The topological polar surface area (TPSA) is 250 Å². The van der Waals surface area contributed by atoms with E-state index in [4.69, 9.17) is 37.9 Å². The fourth-order valence-electron chi connectivity index (χ4n) is 8.14. The molecule has 0 saturated carbocycles. The molecule has 14 atom stereocenters.